The van der Waals surface area contributed by atoms with Crippen LogP contribution in [0.1, 0.15) is 198 Å². The van der Waals surface area contributed by atoms with Gasteiger partial charge in [0.15, 0.2) is 0 Å². The molecule has 2 rings (SSSR count). The predicted molar refractivity (Wildman–Crippen MR) is 200 cm³/mol. The standard InChI is InChI=1S/C40H82N4O4/c1-11-13-15-17-21-25-29-47-43-37(3,4)31-35(32-38(43,5)6)41(45)27-23-19-20-24-28-42(46)36-33-39(7,8)44(40(9,10)34-36)48-30-26-22-18-16-14-12-2/h35-36,45-46H,11-34H2,1-10H3. The highest BCUT2D eigenvalue weighted by Gasteiger charge is 2.49. The molecule has 0 aromatic carbocycles. The average Bonchev–Trinajstić information content (AvgIpc) is 2.98. The molecular weight excluding hydrogens is 600 g/mol. The Kier molecular flexibility index (Phi) is 19.4. The van der Waals surface area contributed by atoms with Crippen LogP contribution in [-0.4, -0.2) is 91.2 Å². The molecule has 286 valence electrons. The summed E-state index contributed by atoms with van der Waals surface area (Å²) in [4.78, 5) is 12.8. The molecule has 2 saturated heterocycles. The number of hydrogen-bond donors (Lipinski definition) is 2. The lowest BCUT2D eigenvalue weighted by Gasteiger charge is -2.54. The van der Waals surface area contributed by atoms with Gasteiger partial charge in [0.1, 0.15) is 0 Å². The molecule has 0 saturated carbocycles. The van der Waals surface area contributed by atoms with E-state index in [1.54, 1.807) is 10.1 Å². The van der Waals surface area contributed by atoms with Crippen molar-refractivity contribution in [3.63, 3.8) is 0 Å². The van der Waals surface area contributed by atoms with Gasteiger partial charge in [0.2, 0.25) is 0 Å². The fourth-order valence-corrected chi connectivity index (χ4v) is 8.88. The zero-order valence-corrected chi connectivity index (χ0v) is 33.6. The predicted octanol–water partition coefficient (Wildman–Crippen LogP) is 10.6. The summed E-state index contributed by atoms with van der Waals surface area (Å²) in [7, 11) is 0. The van der Waals surface area contributed by atoms with Crippen molar-refractivity contribution >= 4 is 0 Å². The third-order valence-corrected chi connectivity index (χ3v) is 10.9. The Morgan fingerprint density at radius 1 is 0.458 bits per heavy atom. The van der Waals surface area contributed by atoms with Crippen LogP contribution in [0.2, 0.25) is 0 Å². The Balaban J connectivity index is 1.68. The number of hydrogen-bond acceptors (Lipinski definition) is 8. The molecule has 2 N–H and O–H groups in total. The molecular formula is C40H82N4O4. The molecule has 0 spiro atoms. The van der Waals surface area contributed by atoms with Crippen molar-refractivity contribution in [2.45, 2.75) is 232 Å². The van der Waals surface area contributed by atoms with Crippen molar-refractivity contribution in [1.82, 2.24) is 20.3 Å². The van der Waals surface area contributed by atoms with E-state index in [1.165, 1.54) is 64.2 Å². The molecule has 0 atom stereocenters. The molecule has 2 fully saturated rings. The van der Waals surface area contributed by atoms with Crippen LogP contribution in [0.15, 0.2) is 0 Å². The normalized spacial score (nSPS) is 21.9. The molecule has 8 heteroatoms. The quantitative estimate of drug-likeness (QED) is 0.0728. The van der Waals surface area contributed by atoms with Gasteiger partial charge in [-0.05, 0) is 107 Å². The maximum absolute atomic E-state index is 11.1. The summed E-state index contributed by atoms with van der Waals surface area (Å²) in [5, 5.41) is 29.9. The summed E-state index contributed by atoms with van der Waals surface area (Å²) < 4.78 is 0. The van der Waals surface area contributed by atoms with Gasteiger partial charge in [-0.25, -0.2) is 0 Å². The SMILES string of the molecule is CCCCCCCCON1C(C)(C)CC(N(O)CCCCCCN(O)C2CC(C)(C)N(OCCCCCCCC)C(C)(C)C2)CC1(C)C. The van der Waals surface area contributed by atoms with Gasteiger partial charge < -0.3 is 10.4 Å². The summed E-state index contributed by atoms with van der Waals surface area (Å²) in [6.07, 6.45) is 22.8. The second-order valence-corrected chi connectivity index (χ2v) is 17.9. The first-order valence-electron chi connectivity index (χ1n) is 20.3. The van der Waals surface area contributed by atoms with E-state index in [2.05, 4.69) is 79.4 Å². The van der Waals surface area contributed by atoms with Gasteiger partial charge in [0.25, 0.3) is 0 Å². The van der Waals surface area contributed by atoms with E-state index in [-0.39, 0.29) is 34.2 Å². The lowest BCUT2D eigenvalue weighted by atomic mass is 9.78. The summed E-state index contributed by atoms with van der Waals surface area (Å²) in [6, 6.07) is 0.258. The number of rotatable bonds is 25. The van der Waals surface area contributed by atoms with Crippen LogP contribution in [0.4, 0.5) is 0 Å². The third-order valence-electron chi connectivity index (χ3n) is 10.9. The van der Waals surface area contributed by atoms with E-state index < -0.39 is 0 Å². The van der Waals surface area contributed by atoms with Crippen LogP contribution >= 0.6 is 0 Å². The van der Waals surface area contributed by atoms with Gasteiger partial charge in [0.05, 0.1) is 13.2 Å². The molecule has 0 aliphatic carbocycles. The fraction of sp³-hybridized carbons (Fsp3) is 1.00. The Morgan fingerprint density at radius 3 is 1.04 bits per heavy atom. The molecule has 2 aliphatic heterocycles. The molecule has 0 aromatic rings. The summed E-state index contributed by atoms with van der Waals surface area (Å²) in [6.45, 7) is 25.5. The van der Waals surface area contributed by atoms with E-state index in [4.69, 9.17) is 9.68 Å². The largest absolute Gasteiger partial charge is 0.314 e. The summed E-state index contributed by atoms with van der Waals surface area (Å²) >= 11 is 0. The minimum absolute atomic E-state index is 0.129. The summed E-state index contributed by atoms with van der Waals surface area (Å²) in [5.74, 6) is 0. The lowest BCUT2D eigenvalue weighted by Crippen LogP contribution is -2.63. The van der Waals surface area contributed by atoms with Crippen molar-refractivity contribution in [2.24, 2.45) is 0 Å². The minimum Gasteiger partial charge on any atom is -0.314 e. The first kappa shape index (κ1) is 43.8. The highest BCUT2D eigenvalue weighted by Crippen LogP contribution is 2.41. The molecule has 2 aliphatic rings. The molecule has 0 unspecified atom stereocenters. The second-order valence-electron chi connectivity index (χ2n) is 17.9. The third kappa shape index (κ3) is 14.7. The van der Waals surface area contributed by atoms with E-state index in [9.17, 15) is 10.4 Å². The lowest BCUT2D eigenvalue weighted by molar-refractivity contribution is -0.300. The van der Waals surface area contributed by atoms with Crippen molar-refractivity contribution in [2.75, 3.05) is 26.3 Å². The van der Waals surface area contributed by atoms with Gasteiger partial charge in [-0.15, -0.1) is 0 Å². The minimum atomic E-state index is -0.139. The zero-order chi connectivity index (χ0) is 35.8. The fourth-order valence-electron chi connectivity index (χ4n) is 8.88. The van der Waals surface area contributed by atoms with E-state index in [1.807, 2.05) is 0 Å². The van der Waals surface area contributed by atoms with Gasteiger partial charge in [-0.2, -0.15) is 20.3 Å². The van der Waals surface area contributed by atoms with E-state index in [0.29, 0.717) is 13.1 Å². The first-order chi connectivity index (χ1) is 22.6. The number of unbranched alkanes of at least 4 members (excludes halogenated alkanes) is 13. The van der Waals surface area contributed by atoms with Crippen molar-refractivity contribution in [3.05, 3.63) is 0 Å². The van der Waals surface area contributed by atoms with Crippen LogP contribution in [0.3, 0.4) is 0 Å². The number of piperidine rings is 2. The highest BCUT2D eigenvalue weighted by molar-refractivity contribution is 5.00. The molecule has 2 heterocycles. The zero-order valence-electron chi connectivity index (χ0n) is 33.6. The molecule has 48 heavy (non-hydrogen) atoms. The van der Waals surface area contributed by atoms with Crippen LogP contribution < -0.4 is 0 Å². The van der Waals surface area contributed by atoms with E-state index in [0.717, 1.165) is 77.4 Å². The molecule has 0 aromatic heterocycles. The summed E-state index contributed by atoms with van der Waals surface area (Å²) in [5.41, 5.74) is -0.558. The van der Waals surface area contributed by atoms with Crippen LogP contribution in [0.25, 0.3) is 0 Å². The molecule has 8 nitrogen and oxygen atoms in total. The Hall–Kier alpha value is -0.320. The molecule has 0 bridgehead atoms. The monoisotopic (exact) mass is 683 g/mol. The second kappa shape index (κ2) is 21.3. The average molecular weight is 683 g/mol. The Labute approximate surface area is 298 Å². The van der Waals surface area contributed by atoms with Crippen LogP contribution in [0, 0.1) is 0 Å². The highest BCUT2D eigenvalue weighted by atomic mass is 16.7. The smallest absolute Gasteiger partial charge is 0.0685 e. The molecule has 0 amide bonds. The van der Waals surface area contributed by atoms with Gasteiger partial charge in [-0.1, -0.05) is 90.9 Å². The number of nitrogens with zero attached hydrogens (tertiary/aromatic N) is 4. The topological polar surface area (TPSA) is 71.9 Å². The van der Waals surface area contributed by atoms with E-state index >= 15 is 0 Å². The van der Waals surface area contributed by atoms with Crippen molar-refractivity contribution in [3.8, 4) is 0 Å². The maximum atomic E-state index is 11.1. The van der Waals surface area contributed by atoms with Crippen molar-refractivity contribution < 1.29 is 20.1 Å². The van der Waals surface area contributed by atoms with Gasteiger partial charge in [0, 0.05) is 47.3 Å². The van der Waals surface area contributed by atoms with Crippen LogP contribution in [0.5, 0.6) is 0 Å². The maximum Gasteiger partial charge on any atom is 0.0685 e. The molecule has 0 radical (unpaired) electrons. The Bertz CT molecular complexity index is 747. The van der Waals surface area contributed by atoms with Gasteiger partial charge in [-0.3, -0.25) is 9.68 Å². The number of hydroxylamine groups is 8. The van der Waals surface area contributed by atoms with Gasteiger partial charge >= 0.3 is 0 Å². The van der Waals surface area contributed by atoms with Crippen LogP contribution in [-0.2, 0) is 9.68 Å². The Morgan fingerprint density at radius 2 is 0.729 bits per heavy atom. The first-order valence-corrected chi connectivity index (χ1v) is 20.3. The van der Waals surface area contributed by atoms with Crippen molar-refractivity contribution in [1.29, 1.82) is 0 Å².